The number of nitrogens with zero attached hydrogens (tertiary/aromatic N) is 4. The molecule has 1 aromatic carbocycles. The van der Waals surface area contributed by atoms with Crippen LogP contribution in [0.15, 0.2) is 36.5 Å². The standard InChI is InChI=1S/C25H31F3N6O4/c1-2-18-15-32(11-12-33(18)24(29)35)19-9-10-30-23(14-19)38-20-6-3-16(4-7-20)31-17-5-8-22(34(36)37)21(13-17)25(26,27)28/h5,8-10,13-14,16,18,20,31H,2-4,6-7,11-12,15H2,1H3,(H2,29,35)/t16?,18-,20?/m1/s1. The number of primary amides is 1. The van der Waals surface area contributed by atoms with E-state index in [1.807, 2.05) is 19.1 Å². The molecule has 10 nitrogen and oxygen atoms in total. The van der Waals surface area contributed by atoms with Crippen molar-refractivity contribution >= 4 is 23.1 Å². The van der Waals surface area contributed by atoms with Gasteiger partial charge in [-0.1, -0.05) is 6.92 Å². The number of carbonyl (C=O) groups excluding carboxylic acids is 1. The quantitative estimate of drug-likeness (QED) is 0.385. The monoisotopic (exact) mass is 536 g/mol. The lowest BCUT2D eigenvalue weighted by Crippen LogP contribution is -2.56. The molecule has 2 fully saturated rings. The van der Waals surface area contributed by atoms with Crippen LogP contribution in [0.4, 0.5) is 35.0 Å². The van der Waals surface area contributed by atoms with Crippen molar-refractivity contribution in [2.45, 2.75) is 63.4 Å². The molecule has 0 unspecified atom stereocenters. The summed E-state index contributed by atoms with van der Waals surface area (Å²) >= 11 is 0. The maximum Gasteiger partial charge on any atom is 0.423 e. The molecule has 0 bridgehead atoms. The Balaban J connectivity index is 1.33. The number of rotatable bonds is 7. The van der Waals surface area contributed by atoms with Crippen LogP contribution in [0.5, 0.6) is 5.88 Å². The third kappa shape index (κ3) is 6.37. The van der Waals surface area contributed by atoms with Gasteiger partial charge in [-0.25, -0.2) is 9.78 Å². The number of amides is 2. The first-order valence-corrected chi connectivity index (χ1v) is 12.6. The molecule has 3 N–H and O–H groups in total. The minimum absolute atomic E-state index is 0.0320. The molecule has 4 rings (SSSR count). The van der Waals surface area contributed by atoms with Crippen LogP contribution in [0.25, 0.3) is 0 Å². The van der Waals surface area contributed by atoms with Crippen molar-refractivity contribution in [2.24, 2.45) is 5.73 Å². The Kier molecular flexibility index (Phi) is 8.12. The number of pyridine rings is 1. The van der Waals surface area contributed by atoms with Crippen LogP contribution in [0, 0.1) is 10.1 Å². The van der Waals surface area contributed by atoms with Gasteiger partial charge in [-0.05, 0) is 50.3 Å². The van der Waals surface area contributed by atoms with Gasteiger partial charge in [0.25, 0.3) is 5.69 Å². The average Bonchev–Trinajstić information content (AvgIpc) is 2.89. The van der Waals surface area contributed by atoms with Crippen molar-refractivity contribution < 1.29 is 27.6 Å². The highest BCUT2D eigenvalue weighted by Gasteiger charge is 2.38. The molecule has 1 aromatic heterocycles. The van der Waals surface area contributed by atoms with Gasteiger partial charge in [0.05, 0.1) is 11.0 Å². The Morgan fingerprint density at radius 1 is 1.21 bits per heavy atom. The van der Waals surface area contributed by atoms with Crippen molar-refractivity contribution in [2.75, 3.05) is 29.9 Å². The SMILES string of the molecule is CC[C@@H]1CN(c2ccnc(OC3CCC(Nc4ccc([N+](=O)[O-])c(C(F)(F)F)c4)CC3)c2)CCN1C(N)=O. The number of hydrogen-bond donors (Lipinski definition) is 2. The van der Waals surface area contributed by atoms with Gasteiger partial charge < -0.3 is 25.6 Å². The van der Waals surface area contributed by atoms with E-state index in [2.05, 4.69) is 15.2 Å². The third-order valence-corrected chi connectivity index (χ3v) is 7.15. The van der Waals surface area contributed by atoms with Crippen LogP contribution in [0.3, 0.4) is 0 Å². The molecule has 1 aliphatic carbocycles. The Morgan fingerprint density at radius 3 is 2.58 bits per heavy atom. The fraction of sp³-hybridized carbons (Fsp3) is 0.520. The van der Waals surface area contributed by atoms with Crippen LogP contribution < -0.4 is 20.7 Å². The van der Waals surface area contributed by atoms with E-state index in [9.17, 15) is 28.1 Å². The summed E-state index contributed by atoms with van der Waals surface area (Å²) in [6.45, 7) is 3.88. The summed E-state index contributed by atoms with van der Waals surface area (Å²) in [5.41, 5.74) is 4.42. The number of nitro benzene ring substituents is 1. The summed E-state index contributed by atoms with van der Waals surface area (Å²) in [7, 11) is 0. The molecule has 0 radical (unpaired) electrons. The molecule has 206 valence electrons. The van der Waals surface area contributed by atoms with Crippen molar-refractivity contribution in [3.8, 4) is 5.88 Å². The fourth-order valence-corrected chi connectivity index (χ4v) is 5.13. The fourth-order valence-electron chi connectivity index (χ4n) is 5.13. The van der Waals surface area contributed by atoms with Gasteiger partial charge in [-0.15, -0.1) is 0 Å². The average molecular weight is 537 g/mol. The predicted octanol–water partition coefficient (Wildman–Crippen LogP) is 4.79. The molecule has 1 saturated heterocycles. The number of anilines is 2. The minimum Gasteiger partial charge on any atom is -0.474 e. The Hall–Kier alpha value is -3.77. The number of nitro groups is 1. The number of benzene rings is 1. The summed E-state index contributed by atoms with van der Waals surface area (Å²) in [6.07, 6.45) is 0.254. The summed E-state index contributed by atoms with van der Waals surface area (Å²) in [4.78, 5) is 29.9. The minimum atomic E-state index is -4.82. The lowest BCUT2D eigenvalue weighted by atomic mass is 9.92. The number of alkyl halides is 3. The number of aromatic nitrogens is 1. The van der Waals surface area contributed by atoms with Crippen molar-refractivity contribution in [3.63, 3.8) is 0 Å². The number of ether oxygens (including phenoxy) is 1. The molecule has 2 heterocycles. The Labute approximate surface area is 218 Å². The Morgan fingerprint density at radius 2 is 1.95 bits per heavy atom. The van der Waals surface area contributed by atoms with E-state index in [-0.39, 0.29) is 23.9 Å². The molecule has 1 atom stereocenters. The summed E-state index contributed by atoms with van der Waals surface area (Å²) in [5, 5.41) is 14.1. The topological polar surface area (TPSA) is 127 Å². The molecular weight excluding hydrogens is 505 g/mol. The second kappa shape index (κ2) is 11.3. The zero-order valence-electron chi connectivity index (χ0n) is 21.0. The first kappa shape index (κ1) is 27.3. The van der Waals surface area contributed by atoms with Crippen LogP contribution in [-0.4, -0.2) is 58.7 Å². The van der Waals surface area contributed by atoms with E-state index in [1.54, 1.807) is 11.1 Å². The van der Waals surface area contributed by atoms with Gasteiger partial charge in [-0.3, -0.25) is 10.1 Å². The first-order chi connectivity index (χ1) is 18.0. The first-order valence-electron chi connectivity index (χ1n) is 12.6. The number of nitrogens with two attached hydrogens (primary N) is 1. The van der Waals surface area contributed by atoms with Gasteiger partial charge in [0.1, 0.15) is 11.7 Å². The highest BCUT2D eigenvalue weighted by molar-refractivity contribution is 5.73. The molecule has 13 heteroatoms. The smallest absolute Gasteiger partial charge is 0.423 e. The Bertz CT molecular complexity index is 1160. The van der Waals surface area contributed by atoms with Crippen LogP contribution in [0.2, 0.25) is 0 Å². The van der Waals surface area contributed by atoms with Crippen LogP contribution in [0.1, 0.15) is 44.6 Å². The van der Waals surface area contributed by atoms with Gasteiger partial charge in [0, 0.05) is 55.4 Å². The summed E-state index contributed by atoms with van der Waals surface area (Å²) < 4.78 is 46.0. The van der Waals surface area contributed by atoms with E-state index in [0.29, 0.717) is 51.2 Å². The number of urea groups is 1. The zero-order valence-corrected chi connectivity index (χ0v) is 21.0. The summed E-state index contributed by atoms with van der Waals surface area (Å²) in [6, 6.07) is 6.31. The van der Waals surface area contributed by atoms with Gasteiger partial charge in [0.15, 0.2) is 0 Å². The number of carbonyl (C=O) groups is 1. The number of nitrogens with one attached hydrogen (secondary N) is 1. The molecule has 2 aliphatic rings. The van der Waals surface area contributed by atoms with Crippen molar-refractivity contribution in [1.82, 2.24) is 9.88 Å². The van der Waals surface area contributed by atoms with Gasteiger partial charge in [0.2, 0.25) is 5.88 Å². The molecule has 38 heavy (non-hydrogen) atoms. The maximum atomic E-state index is 13.3. The molecule has 2 amide bonds. The molecule has 1 aliphatic heterocycles. The summed E-state index contributed by atoms with van der Waals surface area (Å²) in [5.74, 6) is 0.495. The molecule has 1 saturated carbocycles. The number of halogens is 3. The van der Waals surface area contributed by atoms with E-state index in [1.165, 1.54) is 6.07 Å². The molecule has 2 aromatic rings. The van der Waals surface area contributed by atoms with E-state index < -0.39 is 28.4 Å². The largest absolute Gasteiger partial charge is 0.474 e. The van der Waals surface area contributed by atoms with Gasteiger partial charge >= 0.3 is 12.2 Å². The lowest BCUT2D eigenvalue weighted by Gasteiger charge is -2.41. The van der Waals surface area contributed by atoms with Crippen molar-refractivity contribution in [1.29, 1.82) is 0 Å². The third-order valence-electron chi connectivity index (χ3n) is 7.15. The highest BCUT2D eigenvalue weighted by atomic mass is 19.4. The highest BCUT2D eigenvalue weighted by Crippen LogP contribution is 2.38. The number of hydrogen-bond acceptors (Lipinski definition) is 7. The molecular formula is C25H31F3N6O4. The van der Waals surface area contributed by atoms with Crippen molar-refractivity contribution in [3.05, 3.63) is 52.2 Å². The lowest BCUT2D eigenvalue weighted by molar-refractivity contribution is -0.388. The number of piperazine rings is 1. The van der Waals surface area contributed by atoms with Crippen LogP contribution >= 0.6 is 0 Å². The predicted molar refractivity (Wildman–Crippen MR) is 135 cm³/mol. The molecule has 0 spiro atoms. The normalized spacial score (nSPS) is 22.2. The van der Waals surface area contributed by atoms with E-state index in [0.717, 1.165) is 24.2 Å². The second-order valence-corrected chi connectivity index (χ2v) is 9.61. The van der Waals surface area contributed by atoms with Gasteiger partial charge in [-0.2, -0.15) is 13.2 Å². The van der Waals surface area contributed by atoms with E-state index >= 15 is 0 Å². The maximum absolute atomic E-state index is 13.3. The van der Waals surface area contributed by atoms with E-state index in [4.69, 9.17) is 10.5 Å². The zero-order chi connectivity index (χ0) is 27.4. The second-order valence-electron chi connectivity index (χ2n) is 9.61. The van der Waals surface area contributed by atoms with Crippen LogP contribution in [-0.2, 0) is 6.18 Å².